The molecule has 15 heavy (non-hydrogen) atoms. The van der Waals surface area contributed by atoms with Gasteiger partial charge in [-0.2, -0.15) is 0 Å². The first-order valence-corrected chi connectivity index (χ1v) is 5.12. The minimum atomic E-state index is 0. The Kier molecular flexibility index (Phi) is 4.78. The van der Waals surface area contributed by atoms with Gasteiger partial charge in [-0.25, -0.2) is 9.97 Å². The molecule has 1 saturated heterocycles. The summed E-state index contributed by atoms with van der Waals surface area (Å²) in [7, 11) is 0. The lowest BCUT2D eigenvalue weighted by atomic mass is 9.97. The molecule has 84 valence electrons. The van der Waals surface area contributed by atoms with Gasteiger partial charge in [0.05, 0.1) is 0 Å². The zero-order chi connectivity index (χ0) is 9.80. The van der Waals surface area contributed by atoms with E-state index in [0.29, 0.717) is 5.92 Å². The summed E-state index contributed by atoms with van der Waals surface area (Å²) in [5.41, 5.74) is 5.64. The summed E-state index contributed by atoms with van der Waals surface area (Å²) in [4.78, 5) is 10.7. The monoisotopic (exact) mass is 228 g/mol. The van der Waals surface area contributed by atoms with Gasteiger partial charge in [0, 0.05) is 25.5 Å². The number of piperidine rings is 1. The smallest absolute Gasteiger partial charge is 0.225 e. The Labute approximate surface area is 96.3 Å². The Hall–Kier alpha value is -0.870. The average Bonchev–Trinajstić information content (AvgIpc) is 2.30. The standard InChI is InChI=1S/C10H16N4.ClH/c11-8-9-2-6-14(7-3-9)10-12-4-1-5-13-10;/h1,4-5,9H,2-3,6-8,11H2;1H. The van der Waals surface area contributed by atoms with Gasteiger partial charge in [0.25, 0.3) is 0 Å². The molecule has 0 spiro atoms. The normalized spacial score (nSPS) is 17.3. The molecule has 4 nitrogen and oxygen atoms in total. The predicted octanol–water partition coefficient (Wildman–Crippen LogP) is 1.07. The average molecular weight is 229 g/mol. The quantitative estimate of drug-likeness (QED) is 0.823. The summed E-state index contributed by atoms with van der Waals surface area (Å²) in [6.07, 6.45) is 5.90. The Balaban J connectivity index is 0.00000112. The fourth-order valence-corrected chi connectivity index (χ4v) is 1.82. The summed E-state index contributed by atoms with van der Waals surface area (Å²) in [5.74, 6) is 1.54. The molecule has 2 heterocycles. The van der Waals surface area contributed by atoms with Crippen LogP contribution in [0.3, 0.4) is 0 Å². The molecule has 0 amide bonds. The van der Waals surface area contributed by atoms with Crippen LogP contribution >= 0.6 is 12.4 Å². The van der Waals surface area contributed by atoms with E-state index in [-0.39, 0.29) is 12.4 Å². The van der Waals surface area contributed by atoms with E-state index in [1.54, 1.807) is 12.4 Å². The zero-order valence-electron chi connectivity index (χ0n) is 8.67. The lowest BCUT2D eigenvalue weighted by molar-refractivity contribution is 0.411. The van der Waals surface area contributed by atoms with Crippen LogP contribution in [-0.4, -0.2) is 29.6 Å². The van der Waals surface area contributed by atoms with Gasteiger partial charge in [0.15, 0.2) is 0 Å². The maximum absolute atomic E-state index is 5.64. The van der Waals surface area contributed by atoms with Crippen LogP contribution < -0.4 is 10.6 Å². The van der Waals surface area contributed by atoms with Crippen LogP contribution in [0, 0.1) is 5.92 Å². The number of hydrogen-bond acceptors (Lipinski definition) is 4. The Bertz CT molecular complexity index is 272. The molecule has 0 atom stereocenters. The second-order valence-electron chi connectivity index (χ2n) is 3.71. The van der Waals surface area contributed by atoms with E-state index in [9.17, 15) is 0 Å². The number of halogens is 1. The molecule has 1 aliphatic heterocycles. The summed E-state index contributed by atoms with van der Waals surface area (Å²) in [6.45, 7) is 2.88. The molecular weight excluding hydrogens is 212 g/mol. The number of nitrogens with zero attached hydrogens (tertiary/aromatic N) is 3. The van der Waals surface area contributed by atoms with Gasteiger partial charge in [0.2, 0.25) is 5.95 Å². The highest BCUT2D eigenvalue weighted by Crippen LogP contribution is 2.18. The number of aromatic nitrogens is 2. The predicted molar refractivity (Wildman–Crippen MR) is 63.3 cm³/mol. The third kappa shape index (κ3) is 3.04. The fourth-order valence-electron chi connectivity index (χ4n) is 1.82. The van der Waals surface area contributed by atoms with Crippen molar-refractivity contribution < 1.29 is 0 Å². The van der Waals surface area contributed by atoms with Crippen molar-refractivity contribution >= 4 is 18.4 Å². The second-order valence-corrected chi connectivity index (χ2v) is 3.71. The highest BCUT2D eigenvalue weighted by atomic mass is 35.5. The molecule has 0 aliphatic carbocycles. The van der Waals surface area contributed by atoms with E-state index < -0.39 is 0 Å². The van der Waals surface area contributed by atoms with Crippen LogP contribution in [0.4, 0.5) is 5.95 Å². The molecule has 1 aliphatic rings. The summed E-state index contributed by atoms with van der Waals surface area (Å²) in [6, 6.07) is 1.84. The van der Waals surface area contributed by atoms with E-state index >= 15 is 0 Å². The number of rotatable bonds is 2. The molecule has 0 unspecified atom stereocenters. The molecule has 0 bridgehead atoms. The molecule has 0 aromatic carbocycles. The fraction of sp³-hybridized carbons (Fsp3) is 0.600. The van der Waals surface area contributed by atoms with Gasteiger partial charge in [-0.15, -0.1) is 12.4 Å². The van der Waals surface area contributed by atoms with Crippen molar-refractivity contribution in [2.75, 3.05) is 24.5 Å². The first kappa shape index (κ1) is 12.2. The lowest BCUT2D eigenvalue weighted by Crippen LogP contribution is -2.36. The van der Waals surface area contributed by atoms with E-state index in [0.717, 1.165) is 38.4 Å². The maximum atomic E-state index is 5.64. The van der Waals surface area contributed by atoms with E-state index in [4.69, 9.17) is 5.73 Å². The Morgan fingerprint density at radius 2 is 1.87 bits per heavy atom. The zero-order valence-corrected chi connectivity index (χ0v) is 9.49. The van der Waals surface area contributed by atoms with Crippen molar-refractivity contribution in [3.8, 4) is 0 Å². The van der Waals surface area contributed by atoms with Gasteiger partial charge in [-0.05, 0) is 31.4 Å². The van der Waals surface area contributed by atoms with Crippen LogP contribution in [0.15, 0.2) is 18.5 Å². The second kappa shape index (κ2) is 5.88. The topological polar surface area (TPSA) is 55.0 Å². The number of nitrogens with two attached hydrogens (primary N) is 1. The van der Waals surface area contributed by atoms with Crippen molar-refractivity contribution in [2.24, 2.45) is 11.7 Å². The minimum absolute atomic E-state index is 0. The van der Waals surface area contributed by atoms with E-state index in [1.807, 2.05) is 6.07 Å². The molecule has 0 radical (unpaired) electrons. The van der Waals surface area contributed by atoms with Gasteiger partial charge in [-0.3, -0.25) is 0 Å². The SMILES string of the molecule is Cl.NCC1CCN(c2ncccn2)CC1. The maximum Gasteiger partial charge on any atom is 0.225 e. The lowest BCUT2D eigenvalue weighted by Gasteiger charge is -2.31. The van der Waals surface area contributed by atoms with Crippen LogP contribution in [0.25, 0.3) is 0 Å². The summed E-state index contributed by atoms with van der Waals surface area (Å²) in [5, 5.41) is 0. The molecule has 1 aromatic heterocycles. The van der Waals surface area contributed by atoms with Crippen LogP contribution in [0.5, 0.6) is 0 Å². The number of anilines is 1. The molecule has 1 fully saturated rings. The van der Waals surface area contributed by atoms with Crippen molar-refractivity contribution in [3.05, 3.63) is 18.5 Å². The third-order valence-corrected chi connectivity index (χ3v) is 2.78. The molecule has 5 heteroatoms. The van der Waals surface area contributed by atoms with Crippen LogP contribution in [0.2, 0.25) is 0 Å². The largest absolute Gasteiger partial charge is 0.341 e. The summed E-state index contributed by atoms with van der Waals surface area (Å²) < 4.78 is 0. The van der Waals surface area contributed by atoms with Crippen molar-refractivity contribution in [3.63, 3.8) is 0 Å². The molecule has 0 saturated carbocycles. The molecular formula is C10H17ClN4. The first-order valence-electron chi connectivity index (χ1n) is 5.12. The molecule has 1 aromatic rings. The minimum Gasteiger partial charge on any atom is -0.341 e. The van der Waals surface area contributed by atoms with Crippen molar-refractivity contribution in [1.82, 2.24) is 9.97 Å². The Morgan fingerprint density at radius 1 is 1.27 bits per heavy atom. The van der Waals surface area contributed by atoms with Gasteiger partial charge in [-0.1, -0.05) is 0 Å². The summed E-state index contributed by atoms with van der Waals surface area (Å²) >= 11 is 0. The third-order valence-electron chi connectivity index (χ3n) is 2.78. The van der Waals surface area contributed by atoms with Crippen molar-refractivity contribution in [1.29, 1.82) is 0 Å². The van der Waals surface area contributed by atoms with Crippen molar-refractivity contribution in [2.45, 2.75) is 12.8 Å². The Morgan fingerprint density at radius 3 is 2.40 bits per heavy atom. The van der Waals surface area contributed by atoms with Gasteiger partial charge < -0.3 is 10.6 Å². The number of hydrogen-bond donors (Lipinski definition) is 1. The van der Waals surface area contributed by atoms with Crippen LogP contribution in [-0.2, 0) is 0 Å². The first-order chi connectivity index (χ1) is 6.90. The molecule has 2 N–H and O–H groups in total. The van der Waals surface area contributed by atoms with Gasteiger partial charge >= 0.3 is 0 Å². The van der Waals surface area contributed by atoms with Crippen LogP contribution in [0.1, 0.15) is 12.8 Å². The molecule has 2 rings (SSSR count). The van der Waals surface area contributed by atoms with E-state index in [2.05, 4.69) is 14.9 Å². The highest BCUT2D eigenvalue weighted by molar-refractivity contribution is 5.85. The highest BCUT2D eigenvalue weighted by Gasteiger charge is 2.19. The van der Waals surface area contributed by atoms with E-state index in [1.165, 1.54) is 0 Å². The van der Waals surface area contributed by atoms with Gasteiger partial charge in [0.1, 0.15) is 0 Å².